The second kappa shape index (κ2) is 33.2. The molecule has 0 N–H and O–H groups in total. The van der Waals surface area contributed by atoms with Crippen molar-refractivity contribution in [3.8, 4) is 50.2 Å². The first-order chi connectivity index (χ1) is 69.8. The third-order valence-electron chi connectivity index (χ3n) is 27.8. The average molecular weight is 1830 g/mol. The lowest BCUT2D eigenvalue weighted by Gasteiger charge is -2.28. The Morgan fingerprint density at radius 3 is 0.852 bits per heavy atom. The van der Waals surface area contributed by atoms with E-state index in [0.717, 1.165) is 154 Å². The van der Waals surface area contributed by atoms with E-state index in [1.807, 2.05) is 267 Å². The van der Waals surface area contributed by atoms with Crippen molar-refractivity contribution in [1.82, 2.24) is 4.57 Å². The molecule has 0 unspecified atom stereocenters. The fourth-order valence-electron chi connectivity index (χ4n) is 21.4. The van der Waals surface area contributed by atoms with Crippen LogP contribution in [0.25, 0.3) is 181 Å². The molecular formula is C126H73N5O11. The van der Waals surface area contributed by atoms with Gasteiger partial charge < -0.3 is 17.8 Å². The van der Waals surface area contributed by atoms with Crippen LogP contribution in [0.1, 0.15) is 82.9 Å². The van der Waals surface area contributed by atoms with Crippen LogP contribution in [-0.4, -0.2) is 51.8 Å². The van der Waals surface area contributed by atoms with E-state index < -0.39 is 0 Å². The summed E-state index contributed by atoms with van der Waals surface area (Å²) in [5, 5.41) is 15.0. The number of imide groups is 4. The molecular weight excluding hydrogens is 1760 g/mol. The molecule has 29 rings (SSSR count). The van der Waals surface area contributed by atoms with E-state index in [2.05, 4.69) is 114 Å². The topological polar surface area (TPSA) is 194 Å². The molecule has 8 heterocycles. The Kier molecular flexibility index (Phi) is 19.4. The summed E-state index contributed by atoms with van der Waals surface area (Å²) in [7, 11) is 0. The lowest BCUT2D eigenvalue weighted by Crippen LogP contribution is -2.40. The molecule has 8 amide bonds. The molecule has 4 aromatic heterocycles. The Bertz CT molecular complexity index is 9670. The number of fused-ring (bicyclic) bond motifs is 12. The number of carbonyl (C=O) groups excluding carboxylic acids is 8. The van der Waals surface area contributed by atoms with Gasteiger partial charge in [-0.1, -0.05) is 267 Å². The van der Waals surface area contributed by atoms with Gasteiger partial charge in [-0.05, 0) is 242 Å². The van der Waals surface area contributed by atoms with Crippen molar-refractivity contribution in [2.24, 2.45) is 0 Å². The first-order valence-corrected chi connectivity index (χ1v) is 46.7. The smallest absolute Gasteiger partial charge is 0.265 e. The number of rotatable bonds is 9. The number of para-hydroxylation sites is 9. The molecule has 0 bridgehead atoms. The summed E-state index contributed by atoms with van der Waals surface area (Å²) in [5.74, 6) is -2.43. The first kappa shape index (κ1) is 83.0. The second-order valence-corrected chi connectivity index (χ2v) is 35.5. The largest absolute Gasteiger partial charge is 0.456 e. The van der Waals surface area contributed by atoms with Gasteiger partial charge in [0.25, 0.3) is 47.3 Å². The minimum atomic E-state index is -0.307. The predicted molar refractivity (Wildman–Crippen MR) is 564 cm³/mol. The van der Waals surface area contributed by atoms with Gasteiger partial charge in [-0.3, -0.25) is 38.4 Å². The summed E-state index contributed by atoms with van der Waals surface area (Å²) in [4.78, 5) is 113. The van der Waals surface area contributed by atoms with E-state index in [9.17, 15) is 38.4 Å². The highest BCUT2D eigenvalue weighted by Crippen LogP contribution is 2.48. The normalized spacial score (nSPS) is 13.3. The van der Waals surface area contributed by atoms with Crippen LogP contribution in [0.2, 0.25) is 0 Å². The van der Waals surface area contributed by atoms with Crippen molar-refractivity contribution in [3.63, 3.8) is 0 Å². The van der Waals surface area contributed by atoms with Crippen molar-refractivity contribution >= 4 is 201 Å². The molecule has 0 fully saturated rings. The monoisotopic (exact) mass is 1830 g/mol. The third-order valence-corrected chi connectivity index (χ3v) is 27.8. The van der Waals surface area contributed by atoms with Crippen LogP contribution in [0.4, 0.5) is 22.7 Å². The Morgan fingerprint density at radius 1 is 0.141 bits per heavy atom. The summed E-state index contributed by atoms with van der Waals surface area (Å²) >= 11 is 0. The van der Waals surface area contributed by atoms with Crippen LogP contribution >= 0.6 is 0 Å². The van der Waals surface area contributed by atoms with E-state index in [1.54, 1.807) is 66.7 Å². The summed E-state index contributed by atoms with van der Waals surface area (Å²) in [5.41, 5.74) is 22.8. The number of amides is 8. The van der Waals surface area contributed by atoms with E-state index in [0.29, 0.717) is 88.8 Å². The molecule has 0 saturated heterocycles. The maximum absolute atomic E-state index is 13.6. The van der Waals surface area contributed by atoms with E-state index in [-0.39, 0.29) is 47.3 Å². The highest BCUT2D eigenvalue weighted by molar-refractivity contribution is 6.41. The lowest BCUT2D eigenvalue weighted by atomic mass is 9.88. The van der Waals surface area contributed by atoms with Crippen LogP contribution in [0.5, 0.6) is 0 Å². The minimum absolute atomic E-state index is 0.298. The van der Waals surface area contributed by atoms with Crippen LogP contribution in [0, 0.1) is 0 Å². The van der Waals surface area contributed by atoms with Crippen LogP contribution in [-0.2, 0) is 0 Å². The molecule has 16 nitrogen and oxygen atoms in total. The number of benzene rings is 21. The third kappa shape index (κ3) is 13.1. The number of nitrogens with zero attached hydrogens (tertiary/aromatic N) is 5. The second-order valence-electron chi connectivity index (χ2n) is 35.5. The maximum Gasteiger partial charge on any atom is 0.265 e. The van der Waals surface area contributed by atoms with Gasteiger partial charge in [0, 0.05) is 115 Å². The molecule has 0 atom stereocenters. The summed E-state index contributed by atoms with van der Waals surface area (Å²) in [6.45, 7) is 0. The number of aromatic nitrogens is 1. The molecule has 668 valence electrons. The van der Waals surface area contributed by atoms with Gasteiger partial charge in [0.1, 0.15) is 33.5 Å². The van der Waals surface area contributed by atoms with Crippen LogP contribution in [0.15, 0.2) is 456 Å². The summed E-state index contributed by atoms with van der Waals surface area (Å²) in [6.07, 6.45) is 0. The molecule has 0 spiro atoms. The van der Waals surface area contributed by atoms with Gasteiger partial charge in [0.15, 0.2) is 0 Å². The first-order valence-electron chi connectivity index (χ1n) is 46.7. The summed E-state index contributed by atoms with van der Waals surface area (Å²) < 4.78 is 20.5. The number of anilines is 4. The lowest BCUT2D eigenvalue weighted by molar-refractivity contribution is 0.0877. The highest BCUT2D eigenvalue weighted by atomic mass is 16.3. The van der Waals surface area contributed by atoms with Crippen molar-refractivity contribution < 1.29 is 51.6 Å². The molecule has 0 radical (unpaired) electrons. The quantitative estimate of drug-likeness (QED) is 0.125. The zero-order valence-corrected chi connectivity index (χ0v) is 75.4. The number of hydrogen-bond donors (Lipinski definition) is 0. The Labute approximate surface area is 808 Å². The Hall–Kier alpha value is -19.6. The number of hydrogen-bond acceptors (Lipinski definition) is 11. The molecule has 0 saturated carbocycles. The fourth-order valence-corrected chi connectivity index (χ4v) is 21.4. The SMILES string of the molecule is O=C1c2cccc3c(-c4ccc5c(c4)c4ccccc4n5-c4ccccc4)ccc(c23)C(=O)N1c1ccccc1.O=C1c2cccc3c(-c4ccc5c(c4)oc4ccccc45)ccc(c23)C(=O)N1c1ccccc1.O=C1c2cccc3c(-c4ccc5oc6ccccc6c5c4)ccc(c23)C(=O)N1c1ccccc1.O=C1c2cccc3c(-c4cccc5oc6ccccc6c45)ccc(c23)C(=O)N1c1ccccc1. The molecule has 16 heteroatoms. The van der Waals surface area contributed by atoms with Crippen molar-refractivity contribution in [2.75, 3.05) is 19.6 Å². The Morgan fingerprint density at radius 2 is 0.408 bits per heavy atom. The number of furan rings is 3. The van der Waals surface area contributed by atoms with Crippen LogP contribution < -0.4 is 19.6 Å². The van der Waals surface area contributed by atoms with Gasteiger partial charge in [0.2, 0.25) is 0 Å². The van der Waals surface area contributed by atoms with Gasteiger partial charge in [-0.25, -0.2) is 19.6 Å². The van der Waals surface area contributed by atoms with Crippen LogP contribution in [0.3, 0.4) is 0 Å². The standard InChI is InChI=1S/C36H22N2O2.3C30H17NO3/c39-35-29-16-9-15-28-26(19-20-30(34(28)29)36(40)38(35)25-12-5-2-6-13-25)23-18-21-33-31(22-23)27-14-7-8-17-32(27)37(33)24-10-3-1-4-11-24;32-29-23-13-6-11-20-19(21-12-7-15-26-28(21)22-10-4-5-14-25(22)34-26)16-17-24(27(20)23)30(33)31(29)18-8-2-1-3-9-18;32-29-23-11-6-10-22-20(18-13-16-27-25(17-18)21-9-4-5-12-26(21)34-27)14-15-24(28(22)23)30(33)31(29)19-7-2-1-3-8-19;32-29-24-11-6-10-23-20(18-13-14-22-21-9-4-5-12-26(21)34-27(22)17-18)15-16-25(28(23)24)30(33)31(29)19-7-2-1-3-8-19/h1-22H;3*1-17H. The maximum atomic E-state index is 13.6. The van der Waals surface area contributed by atoms with Crippen molar-refractivity contribution in [1.29, 1.82) is 0 Å². The van der Waals surface area contributed by atoms with E-state index >= 15 is 0 Å². The van der Waals surface area contributed by atoms with E-state index in [4.69, 9.17) is 13.3 Å². The zero-order valence-electron chi connectivity index (χ0n) is 75.4. The fraction of sp³-hybridized carbons (Fsp3) is 0. The van der Waals surface area contributed by atoms with Gasteiger partial charge in [-0.2, -0.15) is 0 Å². The molecule has 25 aromatic rings. The molecule has 21 aromatic carbocycles. The average Bonchev–Trinajstić information content (AvgIpc) is 0.865. The van der Waals surface area contributed by atoms with Gasteiger partial charge >= 0.3 is 0 Å². The van der Waals surface area contributed by atoms with Crippen molar-refractivity contribution in [2.45, 2.75) is 0 Å². The predicted octanol–water partition coefficient (Wildman–Crippen LogP) is 30.0. The molecule has 0 aliphatic carbocycles. The summed E-state index contributed by atoms with van der Waals surface area (Å²) in [6, 6.07) is 142. The minimum Gasteiger partial charge on any atom is -0.456 e. The molecule has 4 aliphatic rings. The Balaban J connectivity index is 0.0000000972. The van der Waals surface area contributed by atoms with Crippen molar-refractivity contribution in [3.05, 3.63) is 487 Å². The van der Waals surface area contributed by atoms with Gasteiger partial charge in [0.05, 0.1) is 33.8 Å². The number of carbonyl (C=O) groups is 8. The zero-order chi connectivity index (χ0) is 95.2. The van der Waals surface area contributed by atoms with Gasteiger partial charge in [-0.15, -0.1) is 0 Å². The van der Waals surface area contributed by atoms with E-state index in [1.165, 1.54) is 25.0 Å². The highest BCUT2D eigenvalue weighted by Gasteiger charge is 2.40. The molecule has 4 aliphatic heterocycles. The molecule has 142 heavy (non-hydrogen) atoms.